The summed E-state index contributed by atoms with van der Waals surface area (Å²) >= 11 is 0. The highest BCUT2D eigenvalue weighted by Gasteiger charge is 2.01. The minimum atomic E-state index is 0.347. The SMILES string of the molecule is CC.NCCC1C=NC=CN1. The summed E-state index contributed by atoms with van der Waals surface area (Å²) in [5, 5.41) is 3.11. The molecule has 3 nitrogen and oxygen atoms in total. The molecule has 1 aliphatic rings. The van der Waals surface area contributed by atoms with Crippen LogP contribution in [0, 0.1) is 0 Å². The second-order valence-corrected chi connectivity index (χ2v) is 1.96. The molecule has 0 radical (unpaired) electrons. The first-order valence-corrected chi connectivity index (χ1v) is 4.08. The van der Waals surface area contributed by atoms with Gasteiger partial charge in [-0.2, -0.15) is 0 Å². The Bertz CT molecular complexity index is 129. The van der Waals surface area contributed by atoms with Crippen molar-refractivity contribution in [3.05, 3.63) is 12.4 Å². The van der Waals surface area contributed by atoms with Crippen molar-refractivity contribution >= 4 is 6.21 Å². The molecule has 0 saturated carbocycles. The fraction of sp³-hybridized carbons (Fsp3) is 0.625. The molecule has 64 valence electrons. The third-order valence-corrected chi connectivity index (χ3v) is 1.21. The van der Waals surface area contributed by atoms with E-state index >= 15 is 0 Å². The smallest absolute Gasteiger partial charge is 0.0623 e. The molecule has 0 spiro atoms. The molecule has 1 aliphatic heterocycles. The Labute approximate surface area is 68.4 Å². The second kappa shape index (κ2) is 7.28. The van der Waals surface area contributed by atoms with Gasteiger partial charge >= 0.3 is 0 Å². The molecular formula is C8H17N3. The fourth-order valence-corrected chi connectivity index (χ4v) is 0.744. The van der Waals surface area contributed by atoms with Crippen LogP contribution in [0.4, 0.5) is 0 Å². The van der Waals surface area contributed by atoms with Crippen LogP contribution in [0.2, 0.25) is 0 Å². The summed E-state index contributed by atoms with van der Waals surface area (Å²) in [6.45, 7) is 4.71. The van der Waals surface area contributed by atoms with Crippen molar-refractivity contribution in [1.29, 1.82) is 0 Å². The van der Waals surface area contributed by atoms with Gasteiger partial charge in [-0.05, 0) is 13.0 Å². The average molecular weight is 155 g/mol. The lowest BCUT2D eigenvalue weighted by Crippen LogP contribution is -2.29. The van der Waals surface area contributed by atoms with Crippen molar-refractivity contribution < 1.29 is 0 Å². The highest BCUT2D eigenvalue weighted by molar-refractivity contribution is 5.66. The van der Waals surface area contributed by atoms with Crippen LogP contribution >= 0.6 is 0 Å². The van der Waals surface area contributed by atoms with Crippen molar-refractivity contribution in [2.45, 2.75) is 26.3 Å². The third-order valence-electron chi connectivity index (χ3n) is 1.21. The largest absolute Gasteiger partial charge is 0.382 e. The van der Waals surface area contributed by atoms with Crippen LogP contribution in [0.25, 0.3) is 0 Å². The van der Waals surface area contributed by atoms with Gasteiger partial charge in [-0.3, -0.25) is 4.99 Å². The Balaban J connectivity index is 0.000000461. The Morgan fingerprint density at radius 2 is 2.27 bits per heavy atom. The lowest BCUT2D eigenvalue weighted by Gasteiger charge is -2.12. The van der Waals surface area contributed by atoms with Crippen molar-refractivity contribution in [3.8, 4) is 0 Å². The zero-order chi connectivity index (χ0) is 8.53. The maximum atomic E-state index is 5.33. The van der Waals surface area contributed by atoms with Crippen molar-refractivity contribution in [1.82, 2.24) is 5.32 Å². The third kappa shape index (κ3) is 4.56. The Morgan fingerprint density at radius 1 is 1.55 bits per heavy atom. The van der Waals surface area contributed by atoms with Crippen LogP contribution in [0.1, 0.15) is 20.3 Å². The first kappa shape index (κ1) is 10.2. The molecule has 1 unspecified atom stereocenters. The number of nitrogens with two attached hydrogens (primary N) is 1. The maximum Gasteiger partial charge on any atom is 0.0623 e. The number of hydrogen-bond acceptors (Lipinski definition) is 3. The molecule has 0 bridgehead atoms. The van der Waals surface area contributed by atoms with Gasteiger partial charge in [-0.15, -0.1) is 0 Å². The summed E-state index contributed by atoms with van der Waals surface area (Å²) < 4.78 is 0. The zero-order valence-corrected chi connectivity index (χ0v) is 7.25. The minimum absolute atomic E-state index is 0.347. The topological polar surface area (TPSA) is 50.4 Å². The molecule has 0 aromatic carbocycles. The van der Waals surface area contributed by atoms with E-state index in [2.05, 4.69) is 10.3 Å². The summed E-state index contributed by atoms with van der Waals surface area (Å²) in [6, 6.07) is 0.347. The van der Waals surface area contributed by atoms with Gasteiger partial charge in [0, 0.05) is 18.6 Å². The maximum absolute atomic E-state index is 5.33. The molecule has 3 heteroatoms. The molecule has 0 fully saturated rings. The molecule has 1 atom stereocenters. The Morgan fingerprint density at radius 3 is 2.73 bits per heavy atom. The van der Waals surface area contributed by atoms with E-state index in [-0.39, 0.29) is 0 Å². The summed E-state index contributed by atoms with van der Waals surface area (Å²) in [7, 11) is 0. The fourth-order valence-electron chi connectivity index (χ4n) is 0.744. The lowest BCUT2D eigenvalue weighted by molar-refractivity contribution is 0.678. The Kier molecular flexibility index (Phi) is 6.73. The van der Waals surface area contributed by atoms with Crippen LogP contribution < -0.4 is 11.1 Å². The number of nitrogens with zero attached hydrogens (tertiary/aromatic N) is 1. The van der Waals surface area contributed by atoms with E-state index in [0.717, 1.165) is 6.42 Å². The van der Waals surface area contributed by atoms with Crippen LogP contribution in [-0.4, -0.2) is 18.8 Å². The summed E-state index contributed by atoms with van der Waals surface area (Å²) in [6.07, 6.45) is 6.38. The first-order chi connectivity index (χ1) is 5.43. The van der Waals surface area contributed by atoms with Crippen LogP contribution in [0.15, 0.2) is 17.4 Å². The molecule has 1 heterocycles. The molecule has 0 saturated heterocycles. The lowest BCUT2D eigenvalue weighted by atomic mass is 10.2. The summed E-state index contributed by atoms with van der Waals surface area (Å²) in [5.41, 5.74) is 5.33. The predicted octanol–water partition coefficient (Wildman–Crippen LogP) is 0.875. The average Bonchev–Trinajstić information content (AvgIpc) is 2.11. The number of hydrogen-bond donors (Lipinski definition) is 2. The summed E-state index contributed by atoms with van der Waals surface area (Å²) in [4.78, 5) is 3.95. The van der Waals surface area contributed by atoms with Gasteiger partial charge in [0.2, 0.25) is 0 Å². The second-order valence-electron chi connectivity index (χ2n) is 1.96. The van der Waals surface area contributed by atoms with E-state index in [9.17, 15) is 0 Å². The van der Waals surface area contributed by atoms with E-state index in [1.165, 1.54) is 0 Å². The highest BCUT2D eigenvalue weighted by Crippen LogP contribution is 1.91. The van der Waals surface area contributed by atoms with Crippen LogP contribution in [0.5, 0.6) is 0 Å². The highest BCUT2D eigenvalue weighted by atomic mass is 14.9. The van der Waals surface area contributed by atoms with E-state index in [1.807, 2.05) is 26.3 Å². The monoisotopic (exact) mass is 155 g/mol. The zero-order valence-electron chi connectivity index (χ0n) is 7.25. The van der Waals surface area contributed by atoms with Crippen molar-refractivity contribution in [3.63, 3.8) is 0 Å². The van der Waals surface area contributed by atoms with Crippen molar-refractivity contribution in [2.24, 2.45) is 10.7 Å². The van der Waals surface area contributed by atoms with Gasteiger partial charge in [-0.25, -0.2) is 0 Å². The molecule has 3 N–H and O–H groups in total. The van der Waals surface area contributed by atoms with Gasteiger partial charge < -0.3 is 11.1 Å². The van der Waals surface area contributed by atoms with Gasteiger partial charge in [-0.1, -0.05) is 13.8 Å². The van der Waals surface area contributed by atoms with Crippen LogP contribution in [-0.2, 0) is 0 Å². The summed E-state index contributed by atoms with van der Waals surface area (Å²) in [5.74, 6) is 0. The Hall–Kier alpha value is -0.830. The predicted molar refractivity (Wildman–Crippen MR) is 49.6 cm³/mol. The number of nitrogens with one attached hydrogen (secondary N) is 1. The van der Waals surface area contributed by atoms with E-state index in [4.69, 9.17) is 5.73 Å². The first-order valence-electron chi connectivity index (χ1n) is 4.08. The molecular weight excluding hydrogens is 138 g/mol. The van der Waals surface area contributed by atoms with E-state index in [0.29, 0.717) is 12.6 Å². The molecule has 1 rings (SSSR count). The van der Waals surface area contributed by atoms with Gasteiger partial charge in [0.1, 0.15) is 0 Å². The molecule has 0 aromatic heterocycles. The quantitative estimate of drug-likeness (QED) is 0.622. The van der Waals surface area contributed by atoms with Crippen molar-refractivity contribution in [2.75, 3.05) is 6.54 Å². The van der Waals surface area contributed by atoms with Gasteiger partial charge in [0.25, 0.3) is 0 Å². The van der Waals surface area contributed by atoms with Gasteiger partial charge in [0.15, 0.2) is 0 Å². The molecule has 0 aliphatic carbocycles. The van der Waals surface area contributed by atoms with Gasteiger partial charge in [0.05, 0.1) is 6.04 Å². The molecule has 11 heavy (non-hydrogen) atoms. The minimum Gasteiger partial charge on any atom is -0.382 e. The van der Waals surface area contributed by atoms with Crippen LogP contribution in [0.3, 0.4) is 0 Å². The standard InChI is InChI=1S/C6H11N3.C2H6/c7-2-1-6-5-8-3-4-9-6;1-2/h3-6,9H,1-2,7H2;1-2H3. The number of rotatable bonds is 2. The normalized spacial score (nSPS) is 20.1. The van der Waals surface area contributed by atoms with E-state index < -0.39 is 0 Å². The van der Waals surface area contributed by atoms with E-state index in [1.54, 1.807) is 6.20 Å². The number of aliphatic imine (C=N–C) groups is 1. The molecule has 0 aromatic rings. The molecule has 0 amide bonds.